The molecule has 93 heavy (non-hydrogen) atoms. The van der Waals surface area contributed by atoms with Gasteiger partial charge >= 0.3 is 18.1 Å². The molecule has 0 unspecified atom stereocenters. The topological polar surface area (TPSA) is 261 Å². The molecule has 0 saturated heterocycles. The minimum Gasteiger partial charge on any atom is -0.495 e. The highest BCUT2D eigenvalue weighted by Crippen LogP contribution is 2.40. The summed E-state index contributed by atoms with van der Waals surface area (Å²) in [6, 6.07) is 32.2. The molecular weight excluding hydrogens is 1280 g/mol. The van der Waals surface area contributed by atoms with Crippen molar-refractivity contribution in [1.29, 1.82) is 0 Å². The number of methoxy groups -OCH3 is 3. The fourth-order valence-corrected chi connectivity index (χ4v) is 11.8. The minimum atomic E-state index is -4.69. The first-order valence-corrected chi connectivity index (χ1v) is 29.4. The Bertz CT molecular complexity index is 4920. The second-order valence-corrected chi connectivity index (χ2v) is 22.1. The van der Waals surface area contributed by atoms with Crippen LogP contribution in [-0.2, 0) is 43.6 Å². The van der Waals surface area contributed by atoms with Crippen molar-refractivity contribution in [3.05, 3.63) is 210 Å². The Morgan fingerprint density at radius 2 is 1.00 bits per heavy atom. The molecular formula is C68H60BrF5N8O11. The number of nitrogens with one attached hydrogen (secondary N) is 2. The lowest BCUT2D eigenvalue weighted by atomic mass is 9.94. The molecule has 11 rings (SSSR count). The van der Waals surface area contributed by atoms with Crippen molar-refractivity contribution in [3.63, 3.8) is 0 Å². The number of nitrogens with zero attached hydrogens (tertiary/aromatic N) is 5. The van der Waals surface area contributed by atoms with E-state index in [9.17, 15) is 60.9 Å². The van der Waals surface area contributed by atoms with E-state index in [4.69, 9.17) is 19.9 Å². The first-order valence-electron chi connectivity index (χ1n) is 28.6. The SMILES string of the molecule is CC[C@@H](Nc1cc(F)c(C(=O)N[C@@H](Cc2ccc(-c3c(OC)c4ccccc4n(C)c3=O)c3ncccc23)C(=O)O)c(F)c1)C(F)(F)F.COc1c(-c2ccc(C[C@H](N)C(=O)O)c3cccnc23)c(=O)n(C)c2ccccc12.COc1c(Br)c(=O)n(C)c2ccccc12. The van der Waals surface area contributed by atoms with Crippen LogP contribution in [0.15, 0.2) is 165 Å². The third-order valence-electron chi connectivity index (χ3n) is 15.8. The molecule has 5 aromatic heterocycles. The number of aryl methyl sites for hydroxylation is 3. The Kier molecular flexibility index (Phi) is 20.1. The first-order chi connectivity index (χ1) is 44.4. The van der Waals surface area contributed by atoms with E-state index in [1.165, 1.54) is 24.8 Å². The molecule has 0 spiro atoms. The van der Waals surface area contributed by atoms with Gasteiger partial charge in [0.05, 0.1) is 60.0 Å². The Balaban J connectivity index is 0.000000190. The van der Waals surface area contributed by atoms with Gasteiger partial charge in [0, 0.05) is 83.7 Å². The van der Waals surface area contributed by atoms with Crippen molar-refractivity contribution >= 4 is 94.0 Å². The molecule has 0 aliphatic heterocycles. The van der Waals surface area contributed by atoms with Gasteiger partial charge in [-0.15, -0.1) is 0 Å². The number of ether oxygens (including phenoxy) is 3. The van der Waals surface area contributed by atoms with Crippen LogP contribution in [0.5, 0.6) is 17.2 Å². The number of carbonyl (C=O) groups excluding carboxylic acids is 1. The predicted molar refractivity (Wildman–Crippen MR) is 348 cm³/mol. The average molecular weight is 1340 g/mol. The van der Waals surface area contributed by atoms with Crippen molar-refractivity contribution < 1.29 is 60.8 Å². The maximum absolute atomic E-state index is 14.9. The molecule has 0 aliphatic rings. The second kappa shape index (κ2) is 27.9. The number of benzene rings is 6. The largest absolute Gasteiger partial charge is 0.495 e. The number of carboxylic acid groups (broad SMARTS) is 2. The number of carboxylic acids is 2. The Labute approximate surface area is 534 Å². The van der Waals surface area contributed by atoms with E-state index in [1.54, 1.807) is 117 Å². The highest BCUT2D eigenvalue weighted by molar-refractivity contribution is 9.10. The summed E-state index contributed by atoms with van der Waals surface area (Å²) in [5.41, 5.74) is 9.39. The zero-order valence-electron chi connectivity index (χ0n) is 50.9. The second-order valence-electron chi connectivity index (χ2n) is 21.3. The molecule has 6 aromatic carbocycles. The van der Waals surface area contributed by atoms with Gasteiger partial charge in [0.25, 0.3) is 22.6 Å². The van der Waals surface area contributed by atoms with Gasteiger partial charge in [-0.3, -0.25) is 33.9 Å². The number of alkyl halides is 3. The molecule has 0 radical (unpaired) electrons. The molecule has 25 heteroatoms. The summed E-state index contributed by atoms with van der Waals surface area (Å²) in [7, 11) is 9.64. The van der Waals surface area contributed by atoms with E-state index >= 15 is 0 Å². The number of nitrogens with two attached hydrogens (primary N) is 1. The van der Waals surface area contributed by atoms with Gasteiger partial charge in [0.2, 0.25) is 0 Å². The number of hydrogen-bond acceptors (Lipinski definition) is 13. The first kappa shape index (κ1) is 66.9. The zero-order valence-corrected chi connectivity index (χ0v) is 52.4. The standard InChI is InChI=1S/C34H29F5N4O5.C23H21N3O4.C11H10BrNO2/c1-4-26(34(37,38)39)41-18-15-22(35)28(23(36)16-18)31(44)42-24(33(46)47)14-17-11-12-21(29-19(17)9-7-13-40-29)27-30(48-3)20-8-5-6-10-25(20)43(2)32(27)45;1-26-18-8-4-3-6-15(18)21(30-2)19(22(26)27)16-10-9-13(12-17(24)23(28)29)14-7-5-11-25-20(14)16;1-13-8-6-4-3-5-7(8)10(15-2)9(12)11(13)14/h5-13,15-16,24,26,41H,4,14H2,1-3H3,(H,42,44)(H,46,47);3-11,17H,12,24H2,1-2H3,(H,28,29);3-6H,1-2H3/t24-,26+;17-;/m00./s1. The normalized spacial score (nSPS) is 12.3. The van der Waals surface area contributed by atoms with Crippen LogP contribution in [0.4, 0.5) is 27.6 Å². The van der Waals surface area contributed by atoms with E-state index < -0.39 is 71.5 Å². The number of aliphatic carboxylic acids is 2. The van der Waals surface area contributed by atoms with Crippen molar-refractivity contribution in [1.82, 2.24) is 29.0 Å². The summed E-state index contributed by atoms with van der Waals surface area (Å²) in [6.07, 6.45) is -2.18. The number of pyridine rings is 5. The lowest BCUT2D eigenvalue weighted by Gasteiger charge is -2.22. The van der Waals surface area contributed by atoms with Crippen molar-refractivity contribution in [2.24, 2.45) is 26.9 Å². The number of carbonyl (C=O) groups is 3. The van der Waals surface area contributed by atoms with Gasteiger partial charge in [-0.1, -0.05) is 79.7 Å². The summed E-state index contributed by atoms with van der Waals surface area (Å²) in [4.78, 5) is 84.2. The summed E-state index contributed by atoms with van der Waals surface area (Å²) in [6.45, 7) is 1.24. The highest BCUT2D eigenvalue weighted by atomic mass is 79.9. The fraction of sp³-hybridized carbons (Fsp3) is 0.206. The molecule has 0 fully saturated rings. The van der Waals surface area contributed by atoms with Crippen LogP contribution in [0.25, 0.3) is 76.8 Å². The predicted octanol–water partition coefficient (Wildman–Crippen LogP) is 11.2. The van der Waals surface area contributed by atoms with E-state index in [-0.39, 0.29) is 35.1 Å². The molecule has 0 bridgehead atoms. The Morgan fingerprint density at radius 3 is 1.41 bits per heavy atom. The quantitative estimate of drug-likeness (QED) is 0.0563. The highest BCUT2D eigenvalue weighted by Gasteiger charge is 2.39. The average Bonchev–Trinajstić information content (AvgIpc) is 0.757. The number of rotatable bonds is 16. The molecule has 6 N–H and O–H groups in total. The lowest BCUT2D eigenvalue weighted by Crippen LogP contribution is -2.43. The van der Waals surface area contributed by atoms with Gasteiger partial charge < -0.3 is 54.5 Å². The Hall–Kier alpha value is -10.5. The summed E-state index contributed by atoms with van der Waals surface area (Å²) in [5, 5.41) is 26.9. The van der Waals surface area contributed by atoms with Gasteiger partial charge in [-0.2, -0.15) is 13.2 Å². The van der Waals surface area contributed by atoms with Gasteiger partial charge in [0.1, 0.15) is 57.0 Å². The van der Waals surface area contributed by atoms with Crippen molar-refractivity contribution in [2.45, 2.75) is 50.5 Å². The number of anilines is 1. The molecule has 1 amide bonds. The number of fused-ring (bicyclic) bond motifs is 5. The van der Waals surface area contributed by atoms with E-state index in [0.717, 1.165) is 32.8 Å². The smallest absolute Gasteiger partial charge is 0.408 e. The van der Waals surface area contributed by atoms with Crippen LogP contribution in [-0.4, -0.2) is 97.4 Å². The van der Waals surface area contributed by atoms with Crippen LogP contribution >= 0.6 is 15.9 Å². The minimum absolute atomic E-state index is 0.0921. The van der Waals surface area contributed by atoms with Crippen LogP contribution in [0.3, 0.4) is 0 Å². The Morgan fingerprint density at radius 1 is 0.591 bits per heavy atom. The summed E-state index contributed by atoms with van der Waals surface area (Å²) >= 11 is 3.25. The molecule has 11 aromatic rings. The van der Waals surface area contributed by atoms with E-state index in [2.05, 4.69) is 31.2 Å². The maximum atomic E-state index is 14.9. The maximum Gasteiger partial charge on any atom is 0.408 e. The third-order valence-corrected chi connectivity index (χ3v) is 16.5. The summed E-state index contributed by atoms with van der Waals surface area (Å²) < 4.78 is 91.0. The number of amides is 1. The van der Waals surface area contributed by atoms with Crippen molar-refractivity contribution in [2.75, 3.05) is 26.6 Å². The van der Waals surface area contributed by atoms with Crippen LogP contribution in [0.2, 0.25) is 0 Å². The van der Waals surface area contributed by atoms with E-state index in [1.807, 2.05) is 59.9 Å². The molecule has 0 aliphatic carbocycles. The number of halogens is 6. The van der Waals surface area contributed by atoms with Crippen LogP contribution in [0.1, 0.15) is 34.8 Å². The third kappa shape index (κ3) is 13.3. The van der Waals surface area contributed by atoms with Crippen molar-refractivity contribution in [3.8, 4) is 39.5 Å². The molecule has 5 heterocycles. The number of hydrogen-bond donors (Lipinski definition) is 5. The zero-order chi connectivity index (χ0) is 67.3. The van der Waals surface area contributed by atoms with Gasteiger partial charge in [-0.05, 0) is 101 Å². The molecule has 3 atom stereocenters. The molecule has 480 valence electrons. The number of aromatic nitrogens is 5. The summed E-state index contributed by atoms with van der Waals surface area (Å²) in [5.74, 6) is -5.59. The molecule has 0 saturated carbocycles. The van der Waals surface area contributed by atoms with Crippen LogP contribution < -0.4 is 47.3 Å². The van der Waals surface area contributed by atoms with E-state index in [0.29, 0.717) is 83.4 Å². The molecule has 19 nitrogen and oxygen atoms in total. The monoisotopic (exact) mass is 1340 g/mol. The number of para-hydroxylation sites is 3. The van der Waals surface area contributed by atoms with Crippen LogP contribution in [0, 0.1) is 11.6 Å². The van der Waals surface area contributed by atoms with Gasteiger partial charge in [-0.25, -0.2) is 13.6 Å². The lowest BCUT2D eigenvalue weighted by molar-refractivity contribution is -0.143. The van der Waals surface area contributed by atoms with Gasteiger partial charge in [0.15, 0.2) is 0 Å². The fourth-order valence-electron chi connectivity index (χ4n) is 11.2.